The van der Waals surface area contributed by atoms with E-state index in [0.29, 0.717) is 14.9 Å². The summed E-state index contributed by atoms with van der Waals surface area (Å²) < 4.78 is 11.0. The number of amides is 3. The number of carboxylic acid groups (broad SMARTS) is 1. The molecule has 1 fully saturated rings. The third-order valence-electron chi connectivity index (χ3n) is 3.15. The summed E-state index contributed by atoms with van der Waals surface area (Å²) in [5.74, 6) is -2.41. The van der Waals surface area contributed by atoms with Crippen LogP contribution in [0.3, 0.4) is 0 Å². The van der Waals surface area contributed by atoms with Crippen molar-refractivity contribution in [2.24, 2.45) is 0 Å². The molecule has 1 aliphatic heterocycles. The molecule has 26 heavy (non-hydrogen) atoms. The predicted octanol–water partition coefficient (Wildman–Crippen LogP) is 1.58. The molecule has 0 aromatic heterocycles. The molecule has 1 aliphatic rings. The van der Waals surface area contributed by atoms with Crippen LogP contribution in [0.2, 0.25) is 0 Å². The minimum atomic E-state index is -1.16. The zero-order valence-corrected chi connectivity index (χ0v) is 17.0. The first kappa shape index (κ1) is 20.2. The molecule has 2 N–H and O–H groups in total. The SMILES string of the molecule is COC(=O)CN1C(=O)N/C(=C/c2cc(I)cc(Br)c2OCC(=O)O)C1=O. The molecule has 0 radical (unpaired) electrons. The summed E-state index contributed by atoms with van der Waals surface area (Å²) in [6.45, 7) is -1.10. The lowest BCUT2D eigenvalue weighted by molar-refractivity contribution is -0.143. The predicted molar refractivity (Wildman–Crippen MR) is 100 cm³/mol. The number of benzene rings is 1. The van der Waals surface area contributed by atoms with E-state index in [2.05, 4.69) is 26.0 Å². The fourth-order valence-corrected chi connectivity index (χ4v) is 3.70. The minimum absolute atomic E-state index is 0.0759. The maximum absolute atomic E-state index is 12.3. The summed E-state index contributed by atoms with van der Waals surface area (Å²) in [7, 11) is 1.15. The van der Waals surface area contributed by atoms with Gasteiger partial charge in [-0.3, -0.25) is 9.59 Å². The first-order valence-electron chi connectivity index (χ1n) is 6.98. The second-order valence-corrected chi connectivity index (χ2v) is 7.04. The third kappa shape index (κ3) is 4.72. The van der Waals surface area contributed by atoms with Gasteiger partial charge in [-0.15, -0.1) is 0 Å². The Labute approximate surface area is 169 Å². The van der Waals surface area contributed by atoms with Crippen molar-refractivity contribution < 1.29 is 33.8 Å². The second-order valence-electron chi connectivity index (χ2n) is 4.94. The van der Waals surface area contributed by atoms with Gasteiger partial charge in [0.15, 0.2) is 6.61 Å². The molecule has 3 amide bonds. The molecular weight excluding hydrogens is 527 g/mol. The van der Waals surface area contributed by atoms with Crippen LogP contribution in [0.1, 0.15) is 5.56 Å². The molecule has 11 heteroatoms. The Kier molecular flexibility index (Phi) is 6.58. The van der Waals surface area contributed by atoms with Gasteiger partial charge < -0.3 is 19.9 Å². The number of methoxy groups -OCH3 is 1. The molecule has 138 valence electrons. The quantitative estimate of drug-likeness (QED) is 0.244. The Balaban J connectivity index is 2.36. The molecule has 1 heterocycles. The van der Waals surface area contributed by atoms with E-state index in [-0.39, 0.29) is 11.4 Å². The fourth-order valence-electron chi connectivity index (χ4n) is 2.04. The van der Waals surface area contributed by atoms with Crippen LogP contribution in [0, 0.1) is 3.57 Å². The van der Waals surface area contributed by atoms with Crippen LogP contribution in [0.4, 0.5) is 4.79 Å². The number of halogens is 2. The largest absolute Gasteiger partial charge is 0.480 e. The van der Waals surface area contributed by atoms with Crippen LogP contribution in [-0.2, 0) is 19.1 Å². The number of hydrogen-bond donors (Lipinski definition) is 2. The summed E-state index contributed by atoms with van der Waals surface area (Å²) in [5, 5.41) is 11.2. The van der Waals surface area contributed by atoms with Crippen molar-refractivity contribution in [2.45, 2.75) is 0 Å². The van der Waals surface area contributed by atoms with Crippen LogP contribution in [0.15, 0.2) is 22.3 Å². The summed E-state index contributed by atoms with van der Waals surface area (Å²) in [6.07, 6.45) is 1.35. The van der Waals surface area contributed by atoms with Gasteiger partial charge >= 0.3 is 18.0 Å². The van der Waals surface area contributed by atoms with Crippen molar-refractivity contribution in [2.75, 3.05) is 20.3 Å². The number of carboxylic acids is 1. The number of carbonyl (C=O) groups is 4. The molecule has 0 unspecified atom stereocenters. The summed E-state index contributed by atoms with van der Waals surface area (Å²) in [5.41, 5.74) is 0.307. The van der Waals surface area contributed by atoms with Crippen molar-refractivity contribution >= 4 is 68.5 Å². The van der Waals surface area contributed by atoms with Gasteiger partial charge in [0.25, 0.3) is 5.91 Å². The minimum Gasteiger partial charge on any atom is -0.480 e. The van der Waals surface area contributed by atoms with Crippen molar-refractivity contribution in [3.05, 3.63) is 31.4 Å². The smallest absolute Gasteiger partial charge is 0.341 e. The zero-order chi connectivity index (χ0) is 19.4. The topological polar surface area (TPSA) is 122 Å². The first-order chi connectivity index (χ1) is 12.2. The van der Waals surface area contributed by atoms with Gasteiger partial charge in [-0.05, 0) is 56.7 Å². The number of carbonyl (C=O) groups excluding carboxylic acids is 3. The number of aliphatic carboxylic acids is 1. The third-order valence-corrected chi connectivity index (χ3v) is 4.37. The number of rotatable bonds is 6. The fraction of sp³-hybridized carbons (Fsp3) is 0.200. The molecule has 0 spiro atoms. The molecule has 1 aromatic carbocycles. The van der Waals surface area contributed by atoms with Crippen molar-refractivity contribution in [1.82, 2.24) is 10.2 Å². The van der Waals surface area contributed by atoms with E-state index < -0.39 is 37.0 Å². The Morgan fingerprint density at radius 1 is 1.38 bits per heavy atom. The van der Waals surface area contributed by atoms with Crippen LogP contribution in [-0.4, -0.2) is 54.1 Å². The molecule has 0 saturated carbocycles. The molecule has 1 aromatic rings. The molecule has 0 aliphatic carbocycles. The number of hydrogen-bond acceptors (Lipinski definition) is 6. The van der Waals surface area contributed by atoms with Gasteiger partial charge in [-0.2, -0.15) is 0 Å². The van der Waals surface area contributed by atoms with E-state index in [1.165, 1.54) is 6.08 Å². The van der Waals surface area contributed by atoms with E-state index in [1.54, 1.807) is 12.1 Å². The number of nitrogens with one attached hydrogen (secondary N) is 1. The van der Waals surface area contributed by atoms with Crippen molar-refractivity contribution in [3.63, 3.8) is 0 Å². The monoisotopic (exact) mass is 538 g/mol. The van der Waals surface area contributed by atoms with E-state index in [9.17, 15) is 19.2 Å². The molecule has 0 atom stereocenters. The maximum Gasteiger partial charge on any atom is 0.341 e. The lowest BCUT2D eigenvalue weighted by atomic mass is 10.1. The Bertz CT molecular complexity index is 824. The molecule has 1 saturated heterocycles. The van der Waals surface area contributed by atoms with E-state index in [4.69, 9.17) is 9.84 Å². The summed E-state index contributed by atoms with van der Waals surface area (Å²) >= 11 is 5.32. The van der Waals surface area contributed by atoms with Gasteiger partial charge in [0.05, 0.1) is 11.6 Å². The van der Waals surface area contributed by atoms with Crippen LogP contribution < -0.4 is 10.1 Å². The highest BCUT2D eigenvalue weighted by molar-refractivity contribution is 14.1. The lowest BCUT2D eigenvalue weighted by Gasteiger charge is -2.11. The molecule has 2 rings (SSSR count). The number of ether oxygens (including phenoxy) is 2. The van der Waals surface area contributed by atoms with Gasteiger partial charge in [-0.1, -0.05) is 0 Å². The zero-order valence-electron chi connectivity index (χ0n) is 13.2. The number of imide groups is 1. The highest BCUT2D eigenvalue weighted by atomic mass is 127. The van der Waals surface area contributed by atoms with Crippen LogP contribution in [0.25, 0.3) is 6.08 Å². The van der Waals surface area contributed by atoms with E-state index in [1.807, 2.05) is 22.6 Å². The Hall–Kier alpha value is -2.15. The van der Waals surface area contributed by atoms with Crippen LogP contribution in [0.5, 0.6) is 5.75 Å². The van der Waals surface area contributed by atoms with E-state index >= 15 is 0 Å². The number of esters is 1. The Morgan fingerprint density at radius 2 is 2.08 bits per heavy atom. The summed E-state index contributed by atoms with van der Waals surface area (Å²) in [6, 6.07) is 2.60. The second kappa shape index (κ2) is 8.49. The average Bonchev–Trinajstić information content (AvgIpc) is 2.81. The Morgan fingerprint density at radius 3 is 2.69 bits per heavy atom. The van der Waals surface area contributed by atoms with Crippen molar-refractivity contribution in [1.29, 1.82) is 0 Å². The van der Waals surface area contributed by atoms with Gasteiger partial charge in [0.2, 0.25) is 0 Å². The van der Waals surface area contributed by atoms with Crippen molar-refractivity contribution in [3.8, 4) is 5.75 Å². The van der Waals surface area contributed by atoms with Gasteiger partial charge in [-0.25, -0.2) is 14.5 Å². The maximum atomic E-state index is 12.3. The van der Waals surface area contributed by atoms with Gasteiger partial charge in [0.1, 0.15) is 18.0 Å². The molecule has 9 nitrogen and oxygen atoms in total. The highest BCUT2D eigenvalue weighted by Gasteiger charge is 2.35. The standard InChI is InChI=1S/C15H12BrIN2O7/c1-25-12(22)5-19-14(23)10(18-15(19)24)3-7-2-8(17)4-9(16)13(7)26-6-11(20)21/h2-4H,5-6H2,1H3,(H,18,24)(H,20,21)/b10-3+. The van der Waals surface area contributed by atoms with Crippen LogP contribution >= 0.6 is 38.5 Å². The number of nitrogens with zero attached hydrogens (tertiary/aromatic N) is 1. The lowest BCUT2D eigenvalue weighted by Crippen LogP contribution is -2.36. The highest BCUT2D eigenvalue weighted by Crippen LogP contribution is 2.33. The first-order valence-corrected chi connectivity index (χ1v) is 8.85. The normalized spacial score (nSPS) is 15.2. The average molecular weight is 539 g/mol. The van der Waals surface area contributed by atoms with Gasteiger partial charge in [0, 0.05) is 9.13 Å². The molecule has 0 bridgehead atoms. The van der Waals surface area contributed by atoms with E-state index in [0.717, 1.165) is 10.7 Å². The molecular formula is C15H12BrIN2O7. The summed E-state index contributed by atoms with van der Waals surface area (Å²) in [4.78, 5) is 47.0. The number of urea groups is 1.